The minimum absolute atomic E-state index is 0.0133. The lowest BCUT2D eigenvalue weighted by Gasteiger charge is -2.09. The lowest BCUT2D eigenvalue weighted by atomic mass is 10.0. The summed E-state index contributed by atoms with van der Waals surface area (Å²) in [5.41, 5.74) is 8.37. The quantitative estimate of drug-likeness (QED) is 0.739. The van der Waals surface area contributed by atoms with Crippen molar-refractivity contribution in [1.82, 2.24) is 5.32 Å². The van der Waals surface area contributed by atoms with Gasteiger partial charge in [0.25, 0.3) is 5.91 Å². The second kappa shape index (κ2) is 3.93. The minimum Gasteiger partial charge on any atom is -0.399 e. The number of carbonyl (C=O) groups is 1. The van der Waals surface area contributed by atoms with Gasteiger partial charge in [-0.3, -0.25) is 4.79 Å². The van der Waals surface area contributed by atoms with E-state index in [1.54, 1.807) is 6.07 Å². The van der Waals surface area contributed by atoms with Crippen molar-refractivity contribution in [3.8, 4) is 0 Å². The van der Waals surface area contributed by atoms with Gasteiger partial charge in [0.15, 0.2) is 0 Å². The maximum Gasteiger partial charge on any atom is 0.251 e. The Bertz CT molecular complexity index is 383. The SMILES string of the molecule is CCNC(=O)c1ccc(N)cc1C1CC1. The molecule has 1 aromatic carbocycles. The van der Waals surface area contributed by atoms with Crippen LogP contribution in [-0.4, -0.2) is 12.5 Å². The van der Waals surface area contributed by atoms with Crippen LogP contribution >= 0.6 is 0 Å². The molecule has 3 heteroatoms. The third-order valence-electron chi connectivity index (χ3n) is 2.67. The highest BCUT2D eigenvalue weighted by atomic mass is 16.1. The average Bonchev–Trinajstić information content (AvgIpc) is 3.01. The number of nitrogens with two attached hydrogens (primary N) is 1. The predicted molar refractivity (Wildman–Crippen MR) is 60.8 cm³/mol. The van der Waals surface area contributed by atoms with Gasteiger partial charge in [-0.15, -0.1) is 0 Å². The summed E-state index contributed by atoms with van der Waals surface area (Å²) in [6, 6.07) is 5.55. The highest BCUT2D eigenvalue weighted by molar-refractivity contribution is 5.96. The molecule has 2 rings (SSSR count). The van der Waals surface area contributed by atoms with E-state index in [1.807, 2.05) is 19.1 Å². The van der Waals surface area contributed by atoms with Crippen LogP contribution in [0.5, 0.6) is 0 Å². The van der Waals surface area contributed by atoms with Gasteiger partial charge in [0.05, 0.1) is 0 Å². The smallest absolute Gasteiger partial charge is 0.251 e. The van der Waals surface area contributed by atoms with Crippen LogP contribution in [0.3, 0.4) is 0 Å². The van der Waals surface area contributed by atoms with Gasteiger partial charge in [-0.2, -0.15) is 0 Å². The van der Waals surface area contributed by atoms with Crippen LogP contribution in [0.4, 0.5) is 5.69 Å². The number of carbonyl (C=O) groups excluding carboxylic acids is 1. The first kappa shape index (κ1) is 10.0. The van der Waals surface area contributed by atoms with E-state index in [4.69, 9.17) is 5.73 Å². The molecule has 0 bridgehead atoms. The van der Waals surface area contributed by atoms with Gasteiger partial charge >= 0.3 is 0 Å². The average molecular weight is 204 g/mol. The Hall–Kier alpha value is -1.51. The first-order valence-corrected chi connectivity index (χ1v) is 5.40. The summed E-state index contributed by atoms with van der Waals surface area (Å²) in [7, 11) is 0. The van der Waals surface area contributed by atoms with Crippen molar-refractivity contribution >= 4 is 11.6 Å². The zero-order chi connectivity index (χ0) is 10.8. The molecule has 1 saturated carbocycles. The molecule has 1 aliphatic rings. The molecule has 0 unspecified atom stereocenters. The summed E-state index contributed by atoms with van der Waals surface area (Å²) < 4.78 is 0. The summed E-state index contributed by atoms with van der Waals surface area (Å²) in [5.74, 6) is 0.561. The van der Waals surface area contributed by atoms with Crippen molar-refractivity contribution in [3.63, 3.8) is 0 Å². The van der Waals surface area contributed by atoms with Gasteiger partial charge in [0.2, 0.25) is 0 Å². The van der Waals surface area contributed by atoms with Crippen LogP contribution in [0.15, 0.2) is 18.2 Å². The number of amides is 1. The van der Waals surface area contributed by atoms with E-state index < -0.39 is 0 Å². The van der Waals surface area contributed by atoms with Gasteiger partial charge in [-0.05, 0) is 49.4 Å². The van der Waals surface area contributed by atoms with E-state index in [0.29, 0.717) is 12.5 Å². The standard InChI is InChI=1S/C12H16N2O/c1-2-14-12(15)10-6-5-9(13)7-11(10)8-3-4-8/h5-8H,2-4,13H2,1H3,(H,14,15). The first-order valence-electron chi connectivity index (χ1n) is 5.40. The second-order valence-corrected chi connectivity index (χ2v) is 3.98. The number of hydrogen-bond acceptors (Lipinski definition) is 2. The second-order valence-electron chi connectivity index (χ2n) is 3.98. The Morgan fingerprint density at radius 1 is 1.53 bits per heavy atom. The first-order chi connectivity index (χ1) is 7.22. The maximum absolute atomic E-state index is 11.8. The Kier molecular flexibility index (Phi) is 2.62. The molecule has 1 fully saturated rings. The molecule has 0 spiro atoms. The predicted octanol–water partition coefficient (Wildman–Crippen LogP) is 1.90. The lowest BCUT2D eigenvalue weighted by Crippen LogP contribution is -2.23. The summed E-state index contributed by atoms with van der Waals surface area (Å²) in [4.78, 5) is 11.8. The molecular weight excluding hydrogens is 188 g/mol. The van der Waals surface area contributed by atoms with Gasteiger partial charge < -0.3 is 11.1 Å². The van der Waals surface area contributed by atoms with E-state index >= 15 is 0 Å². The minimum atomic E-state index is 0.0133. The third kappa shape index (κ3) is 2.12. The zero-order valence-electron chi connectivity index (χ0n) is 8.92. The van der Waals surface area contributed by atoms with Crippen LogP contribution in [-0.2, 0) is 0 Å². The van der Waals surface area contributed by atoms with Crippen LogP contribution in [0.1, 0.15) is 41.6 Å². The topological polar surface area (TPSA) is 55.1 Å². The number of hydrogen-bond donors (Lipinski definition) is 2. The van der Waals surface area contributed by atoms with E-state index in [-0.39, 0.29) is 5.91 Å². The molecule has 15 heavy (non-hydrogen) atoms. The van der Waals surface area contributed by atoms with E-state index in [1.165, 1.54) is 12.8 Å². The van der Waals surface area contributed by atoms with Crippen molar-refractivity contribution in [1.29, 1.82) is 0 Å². The van der Waals surface area contributed by atoms with E-state index in [0.717, 1.165) is 16.8 Å². The number of nitrogen functional groups attached to an aromatic ring is 1. The van der Waals surface area contributed by atoms with E-state index in [2.05, 4.69) is 5.32 Å². The molecule has 1 amide bonds. The van der Waals surface area contributed by atoms with Crippen LogP contribution in [0, 0.1) is 0 Å². The molecule has 3 N–H and O–H groups in total. The highest BCUT2D eigenvalue weighted by Gasteiger charge is 2.27. The van der Waals surface area contributed by atoms with Crippen molar-refractivity contribution < 1.29 is 4.79 Å². The molecule has 0 heterocycles. The summed E-state index contributed by atoms with van der Waals surface area (Å²) in [6.45, 7) is 2.58. The van der Waals surface area contributed by atoms with Crippen molar-refractivity contribution in [3.05, 3.63) is 29.3 Å². The molecule has 0 saturated heterocycles. The fraction of sp³-hybridized carbons (Fsp3) is 0.417. The summed E-state index contributed by atoms with van der Waals surface area (Å²) in [6.07, 6.45) is 2.35. The summed E-state index contributed by atoms with van der Waals surface area (Å²) in [5, 5.41) is 2.82. The number of nitrogens with one attached hydrogen (secondary N) is 1. The van der Waals surface area contributed by atoms with Crippen molar-refractivity contribution in [2.45, 2.75) is 25.7 Å². The molecule has 0 atom stereocenters. The Morgan fingerprint density at radius 3 is 2.87 bits per heavy atom. The highest BCUT2D eigenvalue weighted by Crippen LogP contribution is 2.42. The van der Waals surface area contributed by atoms with Gasteiger partial charge in [0.1, 0.15) is 0 Å². The van der Waals surface area contributed by atoms with Crippen molar-refractivity contribution in [2.24, 2.45) is 0 Å². The molecular formula is C12H16N2O. The monoisotopic (exact) mass is 204 g/mol. The molecule has 0 aliphatic heterocycles. The number of benzene rings is 1. The molecule has 0 radical (unpaired) electrons. The largest absolute Gasteiger partial charge is 0.399 e. The Labute approximate surface area is 89.7 Å². The fourth-order valence-electron chi connectivity index (χ4n) is 1.78. The third-order valence-corrected chi connectivity index (χ3v) is 2.67. The molecule has 1 aliphatic carbocycles. The molecule has 3 nitrogen and oxygen atoms in total. The van der Waals surface area contributed by atoms with Crippen molar-refractivity contribution in [2.75, 3.05) is 12.3 Å². The zero-order valence-corrected chi connectivity index (χ0v) is 8.92. The Morgan fingerprint density at radius 2 is 2.27 bits per heavy atom. The van der Waals surface area contributed by atoms with Crippen LogP contribution < -0.4 is 11.1 Å². The maximum atomic E-state index is 11.8. The molecule has 1 aromatic rings. The molecule has 80 valence electrons. The number of rotatable bonds is 3. The van der Waals surface area contributed by atoms with Crippen LogP contribution in [0.25, 0.3) is 0 Å². The van der Waals surface area contributed by atoms with Crippen LogP contribution in [0.2, 0.25) is 0 Å². The summed E-state index contributed by atoms with van der Waals surface area (Å²) >= 11 is 0. The number of anilines is 1. The van der Waals surface area contributed by atoms with E-state index in [9.17, 15) is 4.79 Å². The fourth-order valence-corrected chi connectivity index (χ4v) is 1.78. The lowest BCUT2D eigenvalue weighted by molar-refractivity contribution is 0.0955. The van der Waals surface area contributed by atoms with Gasteiger partial charge in [-0.1, -0.05) is 0 Å². The van der Waals surface area contributed by atoms with Gasteiger partial charge in [0, 0.05) is 17.8 Å². The molecule has 0 aromatic heterocycles. The Balaban J connectivity index is 2.32. The van der Waals surface area contributed by atoms with Gasteiger partial charge in [-0.25, -0.2) is 0 Å². The normalized spacial score (nSPS) is 15.0.